The molecule has 1 aliphatic heterocycles. The van der Waals surface area contributed by atoms with E-state index >= 15 is 0 Å². The Morgan fingerprint density at radius 1 is 1.03 bits per heavy atom. The molecule has 0 fully saturated rings. The maximum atomic E-state index is 13.2. The van der Waals surface area contributed by atoms with Crippen LogP contribution < -0.4 is 4.74 Å². The van der Waals surface area contributed by atoms with Crippen molar-refractivity contribution in [2.75, 3.05) is 13.1 Å². The number of nitrogens with zero attached hydrogens (tertiary/aromatic N) is 1. The van der Waals surface area contributed by atoms with E-state index in [0.717, 1.165) is 28.0 Å². The van der Waals surface area contributed by atoms with Gasteiger partial charge in [-0.25, -0.2) is 4.39 Å². The number of halogens is 2. The minimum absolute atomic E-state index is 0.107. The second-order valence-corrected chi connectivity index (χ2v) is 9.67. The van der Waals surface area contributed by atoms with Gasteiger partial charge in [0, 0.05) is 24.4 Å². The summed E-state index contributed by atoms with van der Waals surface area (Å²) in [6, 6.07) is 19.4. The van der Waals surface area contributed by atoms with Gasteiger partial charge >= 0.3 is 5.97 Å². The van der Waals surface area contributed by atoms with Gasteiger partial charge in [-0.2, -0.15) is 0 Å². The Hall–Kier alpha value is -3.38. The highest BCUT2D eigenvalue weighted by atomic mass is 35.5. The lowest BCUT2D eigenvalue weighted by atomic mass is 9.91. The molecule has 1 heterocycles. The maximum Gasteiger partial charge on any atom is 0.323 e. The number of carboxylic acid groups (broad SMARTS) is 1. The Balaban J connectivity index is 1.40. The first-order chi connectivity index (χ1) is 16.7. The quantitative estimate of drug-likeness (QED) is 0.448. The molecule has 0 aromatic heterocycles. The molecular weight excluding hydrogens is 469 g/mol. The van der Waals surface area contributed by atoms with Crippen molar-refractivity contribution in [1.29, 1.82) is 0 Å². The van der Waals surface area contributed by atoms with Gasteiger partial charge in [-0.15, -0.1) is 0 Å². The van der Waals surface area contributed by atoms with E-state index in [-0.39, 0.29) is 24.7 Å². The summed E-state index contributed by atoms with van der Waals surface area (Å²) in [7, 11) is 0. The van der Waals surface area contributed by atoms with Crippen molar-refractivity contribution in [3.05, 3.63) is 99.8 Å². The largest absolute Gasteiger partial charge is 0.487 e. The molecule has 0 radical (unpaired) electrons. The van der Waals surface area contributed by atoms with E-state index < -0.39 is 11.6 Å². The molecular formula is C28H27ClFNO4. The highest BCUT2D eigenvalue weighted by Gasteiger charge is 2.35. The molecule has 0 spiro atoms. The molecule has 1 atom stereocenters. The van der Waals surface area contributed by atoms with E-state index in [2.05, 4.69) is 0 Å². The van der Waals surface area contributed by atoms with Gasteiger partial charge in [0.2, 0.25) is 5.91 Å². The highest BCUT2D eigenvalue weighted by Crippen LogP contribution is 2.37. The zero-order valence-corrected chi connectivity index (χ0v) is 20.2. The first-order valence-corrected chi connectivity index (χ1v) is 11.9. The molecule has 0 unspecified atom stereocenters. The van der Waals surface area contributed by atoms with Crippen molar-refractivity contribution in [1.82, 2.24) is 4.90 Å². The van der Waals surface area contributed by atoms with Crippen LogP contribution >= 0.6 is 11.6 Å². The van der Waals surface area contributed by atoms with E-state index in [9.17, 15) is 19.1 Å². The molecule has 0 saturated heterocycles. The number of fused-ring (bicyclic) bond motifs is 1. The number of ether oxygens (including phenoxy) is 1. The number of carbonyl (C=O) groups is 2. The third-order valence-corrected chi connectivity index (χ3v) is 6.41. The van der Waals surface area contributed by atoms with Crippen LogP contribution in [-0.2, 0) is 35.3 Å². The van der Waals surface area contributed by atoms with Crippen LogP contribution in [0.1, 0.15) is 29.2 Å². The van der Waals surface area contributed by atoms with Crippen LogP contribution in [0.25, 0.3) is 0 Å². The molecule has 1 N–H and O–H groups in total. The summed E-state index contributed by atoms with van der Waals surface area (Å²) in [5.41, 5.74) is 3.32. The summed E-state index contributed by atoms with van der Waals surface area (Å²) in [6.07, 6.45) is 1.94. The molecule has 0 aliphatic carbocycles. The van der Waals surface area contributed by atoms with Crippen molar-refractivity contribution in [3.63, 3.8) is 0 Å². The first kappa shape index (κ1) is 24.7. The normalized spacial score (nSPS) is 16.4. The van der Waals surface area contributed by atoms with Gasteiger partial charge in [0.25, 0.3) is 0 Å². The van der Waals surface area contributed by atoms with Crippen LogP contribution in [0.2, 0.25) is 5.02 Å². The zero-order chi connectivity index (χ0) is 25.0. The van der Waals surface area contributed by atoms with Crippen molar-refractivity contribution in [3.8, 4) is 5.75 Å². The summed E-state index contributed by atoms with van der Waals surface area (Å²) in [4.78, 5) is 25.7. The Kier molecular flexibility index (Phi) is 7.41. The lowest BCUT2D eigenvalue weighted by Gasteiger charge is -2.24. The average molecular weight is 496 g/mol. The van der Waals surface area contributed by atoms with E-state index in [0.29, 0.717) is 30.8 Å². The Morgan fingerprint density at radius 2 is 1.69 bits per heavy atom. The van der Waals surface area contributed by atoms with Gasteiger partial charge in [-0.1, -0.05) is 48.0 Å². The molecule has 3 aromatic rings. The molecule has 1 amide bonds. The van der Waals surface area contributed by atoms with Gasteiger partial charge in [0.15, 0.2) is 0 Å². The predicted molar refractivity (Wildman–Crippen MR) is 132 cm³/mol. The molecule has 7 heteroatoms. The number of carboxylic acids is 1. The van der Waals surface area contributed by atoms with Crippen LogP contribution in [0.5, 0.6) is 5.75 Å². The van der Waals surface area contributed by atoms with Crippen molar-refractivity contribution in [2.24, 2.45) is 0 Å². The van der Waals surface area contributed by atoms with Crippen LogP contribution in [-0.4, -0.2) is 40.6 Å². The molecule has 1 aliphatic rings. The van der Waals surface area contributed by atoms with E-state index in [1.165, 1.54) is 17.0 Å². The van der Waals surface area contributed by atoms with Crippen molar-refractivity contribution < 1.29 is 23.8 Å². The summed E-state index contributed by atoms with van der Waals surface area (Å²) in [5, 5.41) is 9.93. The highest BCUT2D eigenvalue weighted by molar-refractivity contribution is 6.30. The number of aliphatic carboxylic acids is 1. The fraction of sp³-hybridized carbons (Fsp3) is 0.286. The van der Waals surface area contributed by atoms with Crippen LogP contribution in [0.4, 0.5) is 4.39 Å². The van der Waals surface area contributed by atoms with Crippen molar-refractivity contribution >= 4 is 23.5 Å². The number of amides is 1. The van der Waals surface area contributed by atoms with Gasteiger partial charge in [-0.3, -0.25) is 9.59 Å². The summed E-state index contributed by atoms with van der Waals surface area (Å²) in [6.45, 7) is 1.97. The molecule has 4 rings (SSSR count). The number of hydrogen-bond acceptors (Lipinski definition) is 3. The molecule has 0 saturated carbocycles. The molecule has 35 heavy (non-hydrogen) atoms. The monoisotopic (exact) mass is 495 g/mol. The SMILES string of the molecule is C[C@@]1(Cc2ccc(F)cc2)Cc2cc(CC(=O)N(CCc3ccc(Cl)cc3)CC(=O)O)ccc2O1. The van der Waals surface area contributed by atoms with Gasteiger partial charge in [-0.05, 0) is 65.9 Å². The zero-order valence-electron chi connectivity index (χ0n) is 19.5. The molecule has 182 valence electrons. The molecule has 3 aromatic carbocycles. The summed E-state index contributed by atoms with van der Waals surface area (Å²) < 4.78 is 19.4. The lowest BCUT2D eigenvalue weighted by molar-refractivity contribution is -0.144. The van der Waals surface area contributed by atoms with Gasteiger partial charge in [0.05, 0.1) is 6.42 Å². The Bertz CT molecular complexity index is 1210. The second-order valence-electron chi connectivity index (χ2n) is 9.24. The fourth-order valence-electron chi connectivity index (χ4n) is 4.47. The van der Waals surface area contributed by atoms with Gasteiger partial charge < -0.3 is 14.7 Å². The van der Waals surface area contributed by atoms with E-state index in [1.807, 2.05) is 37.3 Å². The number of benzene rings is 3. The number of carbonyl (C=O) groups excluding carboxylic acids is 1. The second kappa shape index (κ2) is 10.5. The first-order valence-electron chi connectivity index (χ1n) is 11.5. The third-order valence-electron chi connectivity index (χ3n) is 6.15. The lowest BCUT2D eigenvalue weighted by Crippen LogP contribution is -2.38. The smallest absolute Gasteiger partial charge is 0.323 e. The number of rotatable bonds is 9. The third kappa shape index (κ3) is 6.61. The number of hydrogen-bond donors (Lipinski definition) is 1. The fourth-order valence-corrected chi connectivity index (χ4v) is 4.60. The Labute approximate surface area is 209 Å². The van der Waals surface area contributed by atoms with Gasteiger partial charge in [0.1, 0.15) is 23.7 Å². The minimum Gasteiger partial charge on any atom is -0.487 e. The van der Waals surface area contributed by atoms with E-state index in [1.54, 1.807) is 24.3 Å². The predicted octanol–water partition coefficient (Wildman–Crippen LogP) is 5.11. The molecule has 5 nitrogen and oxygen atoms in total. The van der Waals surface area contributed by atoms with Crippen LogP contribution in [0.3, 0.4) is 0 Å². The Morgan fingerprint density at radius 3 is 2.37 bits per heavy atom. The summed E-state index contributed by atoms with van der Waals surface area (Å²) >= 11 is 5.92. The minimum atomic E-state index is -1.05. The standard InChI is InChI=1S/C28H27ClFNO4/c1-28(16-20-4-9-24(30)10-5-20)17-22-14-21(6-11-25(22)35-28)15-26(32)31(18-27(33)34)13-12-19-2-7-23(29)8-3-19/h2-11,14H,12-13,15-18H2,1H3,(H,33,34)/t28-/m1/s1. The molecule has 0 bridgehead atoms. The van der Waals surface area contributed by atoms with Crippen LogP contribution in [0.15, 0.2) is 66.7 Å². The summed E-state index contributed by atoms with van der Waals surface area (Å²) in [5.74, 6) is -0.785. The van der Waals surface area contributed by atoms with Crippen molar-refractivity contribution in [2.45, 2.75) is 38.2 Å². The van der Waals surface area contributed by atoms with Crippen LogP contribution in [0, 0.1) is 5.82 Å². The topological polar surface area (TPSA) is 66.8 Å². The van der Waals surface area contributed by atoms with E-state index in [4.69, 9.17) is 16.3 Å². The average Bonchev–Trinajstić information content (AvgIpc) is 3.14. The maximum absolute atomic E-state index is 13.2.